The van der Waals surface area contributed by atoms with Gasteiger partial charge in [-0.3, -0.25) is 19.6 Å². The Morgan fingerprint density at radius 1 is 1.55 bits per heavy atom. The van der Waals surface area contributed by atoms with Crippen molar-refractivity contribution >= 4 is 11.6 Å². The van der Waals surface area contributed by atoms with Crippen LogP contribution >= 0.6 is 0 Å². The highest BCUT2D eigenvalue weighted by Crippen LogP contribution is 2.21. The van der Waals surface area contributed by atoms with Crippen LogP contribution in [0.2, 0.25) is 0 Å². The number of amides is 1. The second-order valence-electron chi connectivity index (χ2n) is 4.86. The molecule has 1 aromatic heterocycles. The Morgan fingerprint density at radius 3 is 2.70 bits per heavy atom. The molecule has 8 nitrogen and oxygen atoms in total. The van der Waals surface area contributed by atoms with Gasteiger partial charge in [-0.2, -0.15) is 5.10 Å². The molecule has 1 atom stereocenters. The first-order valence-electron chi connectivity index (χ1n) is 6.42. The van der Waals surface area contributed by atoms with E-state index >= 15 is 0 Å². The summed E-state index contributed by atoms with van der Waals surface area (Å²) in [6.45, 7) is 5.53. The molecule has 8 heteroatoms. The predicted molar refractivity (Wildman–Crippen MR) is 72.2 cm³/mol. The van der Waals surface area contributed by atoms with E-state index in [0.29, 0.717) is 24.4 Å². The minimum atomic E-state index is -0.491. The van der Waals surface area contributed by atoms with E-state index in [1.807, 2.05) is 6.92 Å². The summed E-state index contributed by atoms with van der Waals surface area (Å²) in [4.78, 5) is 22.1. The van der Waals surface area contributed by atoms with Gasteiger partial charge in [-0.15, -0.1) is 0 Å². The lowest BCUT2D eigenvalue weighted by Gasteiger charge is -2.11. The Balaban J connectivity index is 2.63. The van der Waals surface area contributed by atoms with E-state index in [9.17, 15) is 14.9 Å². The van der Waals surface area contributed by atoms with Gasteiger partial charge in [0.2, 0.25) is 5.91 Å². The van der Waals surface area contributed by atoms with Crippen molar-refractivity contribution in [1.29, 1.82) is 0 Å². The molecule has 1 heterocycles. The van der Waals surface area contributed by atoms with Crippen molar-refractivity contribution < 1.29 is 14.8 Å². The third kappa shape index (κ3) is 4.02. The zero-order valence-electron chi connectivity index (χ0n) is 11.9. The Morgan fingerprint density at radius 2 is 2.20 bits per heavy atom. The number of carbonyl (C=O) groups is 1. The third-order valence-corrected chi connectivity index (χ3v) is 3.09. The number of nitro groups is 1. The Labute approximate surface area is 116 Å². The summed E-state index contributed by atoms with van der Waals surface area (Å²) in [5, 5.41) is 26.4. The van der Waals surface area contributed by atoms with Crippen molar-refractivity contribution in [3.05, 3.63) is 21.5 Å². The first kappa shape index (κ1) is 16.1. The van der Waals surface area contributed by atoms with Crippen LogP contribution in [0.4, 0.5) is 5.69 Å². The van der Waals surface area contributed by atoms with Gasteiger partial charge >= 0.3 is 5.69 Å². The number of nitrogens with one attached hydrogen (secondary N) is 1. The highest BCUT2D eigenvalue weighted by Gasteiger charge is 2.22. The monoisotopic (exact) mass is 284 g/mol. The fraction of sp³-hybridized carbons (Fsp3) is 0.667. The number of aryl methyl sites for hydroxylation is 1. The molecular weight excluding hydrogens is 264 g/mol. The molecule has 0 radical (unpaired) electrons. The Hall–Kier alpha value is -1.96. The molecular formula is C12H20N4O4. The number of carbonyl (C=O) groups excluding carboxylic acids is 1. The average Bonchev–Trinajstić information content (AvgIpc) is 2.62. The molecule has 0 aromatic carbocycles. The summed E-state index contributed by atoms with van der Waals surface area (Å²) in [5.74, 6) is -0.0750. The molecule has 1 amide bonds. The number of aliphatic hydroxyl groups excluding tert-OH is 1. The summed E-state index contributed by atoms with van der Waals surface area (Å²) < 4.78 is 1.33. The molecule has 20 heavy (non-hydrogen) atoms. The van der Waals surface area contributed by atoms with Crippen LogP contribution in [-0.2, 0) is 11.3 Å². The molecule has 1 aromatic rings. The molecule has 0 aliphatic rings. The number of rotatable bonds is 7. The topological polar surface area (TPSA) is 110 Å². The fourth-order valence-electron chi connectivity index (χ4n) is 1.91. The van der Waals surface area contributed by atoms with Crippen molar-refractivity contribution in [3.8, 4) is 0 Å². The summed E-state index contributed by atoms with van der Waals surface area (Å²) in [7, 11) is 0. The summed E-state index contributed by atoms with van der Waals surface area (Å²) in [6.07, 6.45) is 0.617. The van der Waals surface area contributed by atoms with Crippen LogP contribution in [-0.4, -0.2) is 38.9 Å². The number of aromatic nitrogens is 2. The van der Waals surface area contributed by atoms with E-state index in [-0.39, 0.29) is 30.7 Å². The lowest BCUT2D eigenvalue weighted by molar-refractivity contribution is -0.386. The maximum atomic E-state index is 11.8. The lowest BCUT2D eigenvalue weighted by Crippen LogP contribution is -2.32. The molecule has 1 rings (SSSR count). The fourth-order valence-corrected chi connectivity index (χ4v) is 1.91. The highest BCUT2D eigenvalue weighted by molar-refractivity contribution is 5.75. The molecule has 112 valence electrons. The molecule has 0 fully saturated rings. The third-order valence-electron chi connectivity index (χ3n) is 3.09. The second-order valence-corrected chi connectivity index (χ2v) is 4.86. The quantitative estimate of drug-likeness (QED) is 0.561. The van der Waals surface area contributed by atoms with Crippen LogP contribution in [0, 0.1) is 29.9 Å². The lowest BCUT2D eigenvalue weighted by atomic mass is 10.1. The van der Waals surface area contributed by atoms with E-state index in [1.165, 1.54) is 4.68 Å². The minimum Gasteiger partial charge on any atom is -0.396 e. The van der Waals surface area contributed by atoms with Crippen molar-refractivity contribution in [3.63, 3.8) is 0 Å². The van der Waals surface area contributed by atoms with Gasteiger partial charge in [0, 0.05) is 13.2 Å². The van der Waals surface area contributed by atoms with Crippen LogP contribution in [0.15, 0.2) is 0 Å². The first-order chi connectivity index (χ1) is 9.36. The summed E-state index contributed by atoms with van der Waals surface area (Å²) in [5.41, 5.74) is 0.617. The van der Waals surface area contributed by atoms with Crippen LogP contribution in [0.3, 0.4) is 0 Å². The van der Waals surface area contributed by atoms with Crippen molar-refractivity contribution in [2.45, 2.75) is 33.7 Å². The predicted octanol–water partition coefficient (Wildman–Crippen LogP) is 0.543. The number of hydrogen-bond acceptors (Lipinski definition) is 5. The zero-order valence-corrected chi connectivity index (χ0v) is 11.9. The van der Waals surface area contributed by atoms with E-state index in [1.54, 1.807) is 13.8 Å². The normalized spacial score (nSPS) is 12.2. The van der Waals surface area contributed by atoms with Gasteiger partial charge in [-0.05, 0) is 26.2 Å². The zero-order chi connectivity index (χ0) is 15.3. The first-order valence-corrected chi connectivity index (χ1v) is 6.42. The minimum absolute atomic E-state index is 0.0492. The van der Waals surface area contributed by atoms with Crippen LogP contribution in [0.25, 0.3) is 0 Å². The van der Waals surface area contributed by atoms with Gasteiger partial charge in [0.1, 0.15) is 17.9 Å². The second kappa shape index (κ2) is 6.99. The van der Waals surface area contributed by atoms with E-state index < -0.39 is 4.92 Å². The van der Waals surface area contributed by atoms with Gasteiger partial charge in [0.05, 0.1) is 4.92 Å². The Bertz CT molecular complexity index is 498. The van der Waals surface area contributed by atoms with Gasteiger partial charge in [0.25, 0.3) is 0 Å². The van der Waals surface area contributed by atoms with Gasteiger partial charge in [-0.25, -0.2) is 0 Å². The van der Waals surface area contributed by atoms with Crippen LogP contribution < -0.4 is 5.32 Å². The van der Waals surface area contributed by atoms with Gasteiger partial charge in [0.15, 0.2) is 0 Å². The molecule has 0 saturated carbocycles. The summed E-state index contributed by atoms with van der Waals surface area (Å²) in [6, 6.07) is 0. The van der Waals surface area contributed by atoms with Crippen molar-refractivity contribution in [2.75, 3.05) is 13.2 Å². The molecule has 0 aliphatic carbocycles. The smallest absolute Gasteiger partial charge is 0.312 e. The van der Waals surface area contributed by atoms with Crippen LogP contribution in [0.5, 0.6) is 0 Å². The average molecular weight is 284 g/mol. The molecule has 0 saturated heterocycles. The van der Waals surface area contributed by atoms with E-state index in [4.69, 9.17) is 5.11 Å². The van der Waals surface area contributed by atoms with E-state index in [0.717, 1.165) is 0 Å². The largest absolute Gasteiger partial charge is 0.396 e. The maximum absolute atomic E-state index is 11.8. The standard InChI is InChI=1S/C12H20N4O4/c1-8(4-5-17)6-13-11(18)7-15-10(3)12(16(19)20)9(2)14-15/h8,17H,4-7H2,1-3H3,(H,13,18). The number of aliphatic hydroxyl groups is 1. The maximum Gasteiger partial charge on any atom is 0.312 e. The number of nitrogens with zero attached hydrogens (tertiary/aromatic N) is 3. The molecule has 1 unspecified atom stereocenters. The Kier molecular flexibility index (Phi) is 5.63. The molecule has 2 N–H and O–H groups in total. The molecule has 0 aliphatic heterocycles. The van der Waals surface area contributed by atoms with Gasteiger partial charge in [-0.1, -0.05) is 6.92 Å². The van der Waals surface area contributed by atoms with Crippen LogP contribution in [0.1, 0.15) is 24.7 Å². The molecule has 0 bridgehead atoms. The number of hydrogen-bond donors (Lipinski definition) is 2. The van der Waals surface area contributed by atoms with Gasteiger partial charge < -0.3 is 10.4 Å². The molecule has 0 spiro atoms. The summed E-state index contributed by atoms with van der Waals surface area (Å²) >= 11 is 0. The SMILES string of the molecule is Cc1nn(CC(=O)NCC(C)CCO)c(C)c1[N+](=O)[O-]. The highest BCUT2D eigenvalue weighted by atomic mass is 16.6. The van der Waals surface area contributed by atoms with Crippen molar-refractivity contribution in [2.24, 2.45) is 5.92 Å². The van der Waals surface area contributed by atoms with Crippen molar-refractivity contribution in [1.82, 2.24) is 15.1 Å². The van der Waals surface area contributed by atoms with E-state index in [2.05, 4.69) is 10.4 Å².